The maximum atomic E-state index is 12.9. The molecule has 40 heavy (non-hydrogen) atoms. The number of rotatable bonds is 14. The molecule has 0 bridgehead atoms. The summed E-state index contributed by atoms with van der Waals surface area (Å²) in [5.74, 6) is 1.42. The van der Waals surface area contributed by atoms with E-state index in [2.05, 4.69) is 5.32 Å². The number of benzene rings is 3. The van der Waals surface area contributed by atoms with Crippen LogP contribution in [0.3, 0.4) is 0 Å². The monoisotopic (exact) mass is 558 g/mol. The van der Waals surface area contributed by atoms with Crippen molar-refractivity contribution < 1.29 is 32.2 Å². The largest absolute Gasteiger partial charge is 0.493 e. The van der Waals surface area contributed by atoms with Crippen LogP contribution in [0.5, 0.6) is 11.5 Å². The van der Waals surface area contributed by atoms with Gasteiger partial charge in [-0.1, -0.05) is 54.6 Å². The summed E-state index contributed by atoms with van der Waals surface area (Å²) >= 11 is 0. The molecule has 0 saturated heterocycles. The second-order valence-electron chi connectivity index (χ2n) is 9.21. The van der Waals surface area contributed by atoms with Crippen molar-refractivity contribution in [2.45, 2.75) is 44.4 Å². The Bertz CT molecular complexity index is 1170. The molecule has 0 aliphatic heterocycles. The number of methoxy groups -OCH3 is 2. The van der Waals surface area contributed by atoms with Crippen LogP contribution in [-0.4, -0.2) is 51.5 Å². The van der Waals surface area contributed by atoms with E-state index in [0.717, 1.165) is 37.2 Å². The van der Waals surface area contributed by atoms with Crippen LogP contribution >= 0.6 is 0 Å². The molecule has 1 amide bonds. The normalized spacial score (nSPS) is 11.7. The van der Waals surface area contributed by atoms with Gasteiger partial charge in [-0.25, -0.2) is 0 Å². The molecule has 3 rings (SSSR count). The van der Waals surface area contributed by atoms with Gasteiger partial charge in [-0.15, -0.1) is 0 Å². The number of carbonyl (C=O) groups is 2. The molecule has 0 fully saturated rings. The van der Waals surface area contributed by atoms with Crippen molar-refractivity contribution in [3.8, 4) is 11.5 Å². The number of hydrogen-bond donors (Lipinski definition) is 1. The number of hydrogen-bond acceptors (Lipinski definition) is 5. The van der Waals surface area contributed by atoms with Crippen LogP contribution in [0, 0.1) is 0 Å². The van der Waals surface area contributed by atoms with Crippen molar-refractivity contribution in [3.63, 3.8) is 0 Å². The highest BCUT2D eigenvalue weighted by atomic mass is 19.4. The Hall–Kier alpha value is -3.85. The Morgan fingerprint density at radius 1 is 0.850 bits per heavy atom. The summed E-state index contributed by atoms with van der Waals surface area (Å²) in [6, 6.07) is 21.0. The van der Waals surface area contributed by atoms with Gasteiger partial charge in [-0.3, -0.25) is 9.69 Å². The van der Waals surface area contributed by atoms with Gasteiger partial charge in [-0.2, -0.15) is 13.2 Å². The fraction of sp³-hybridized carbons (Fsp3) is 0.355. The molecule has 0 saturated carbocycles. The van der Waals surface area contributed by atoms with E-state index in [-0.39, 0.29) is 6.04 Å². The lowest BCUT2D eigenvalue weighted by atomic mass is 10.0. The topological polar surface area (TPSA) is 67.9 Å². The van der Waals surface area contributed by atoms with Crippen LogP contribution in [0.2, 0.25) is 0 Å². The maximum absolute atomic E-state index is 12.9. The number of nitrogens with zero attached hydrogens (tertiary/aromatic N) is 1. The zero-order valence-electron chi connectivity index (χ0n) is 23.1. The number of nitrogens with one attached hydrogen (secondary N) is 1. The molecule has 3 aromatic rings. The van der Waals surface area contributed by atoms with Crippen LogP contribution < -0.4 is 14.8 Å². The van der Waals surface area contributed by atoms with Crippen LogP contribution in [-0.2, 0) is 35.2 Å². The van der Waals surface area contributed by atoms with Gasteiger partial charge in [0.15, 0.2) is 11.5 Å². The number of amides is 1. The Labute approximate surface area is 234 Å². The first kappa shape index (κ1) is 32.4. The van der Waals surface area contributed by atoms with E-state index in [0.29, 0.717) is 43.0 Å². The lowest BCUT2D eigenvalue weighted by molar-refractivity contribution is -0.137. The molecule has 0 aromatic heterocycles. The molecule has 1 atom stereocenters. The standard InChI is InChI=1S/C20H23F3N2O.C11H14O3/c1-25(14-17-8-5-9-18(12-17)20(21,22)23)19(13-24-15-26)11-10-16-6-3-2-4-7-16;1-13-10-6-5-9(4-3-7-12)8-11(10)14-2/h2-9,12,15,19H,10-11,13-14H2,1H3,(H,24,26);5-8H,3-4H2,1-2H3/t19-;/m0./s1. The van der Waals surface area contributed by atoms with Crippen LogP contribution in [0.25, 0.3) is 0 Å². The van der Waals surface area contributed by atoms with Crippen molar-refractivity contribution in [1.29, 1.82) is 0 Å². The van der Waals surface area contributed by atoms with Gasteiger partial charge in [0.25, 0.3) is 0 Å². The number of alkyl halides is 3. The molecule has 9 heteroatoms. The first-order chi connectivity index (χ1) is 19.2. The maximum Gasteiger partial charge on any atom is 0.416 e. The molecular weight excluding hydrogens is 521 g/mol. The summed E-state index contributed by atoms with van der Waals surface area (Å²) in [5.41, 5.74) is 2.22. The van der Waals surface area contributed by atoms with Gasteiger partial charge in [0, 0.05) is 25.6 Å². The molecule has 216 valence electrons. The average Bonchev–Trinajstić information content (AvgIpc) is 2.96. The minimum atomic E-state index is -4.35. The van der Waals surface area contributed by atoms with E-state index in [1.165, 1.54) is 17.7 Å². The van der Waals surface area contributed by atoms with Crippen molar-refractivity contribution in [2.24, 2.45) is 0 Å². The highest BCUT2D eigenvalue weighted by Crippen LogP contribution is 2.30. The summed E-state index contributed by atoms with van der Waals surface area (Å²) in [7, 11) is 5.06. The predicted octanol–water partition coefficient (Wildman–Crippen LogP) is 5.72. The van der Waals surface area contributed by atoms with E-state index in [1.807, 2.05) is 60.5 Å². The third-order valence-corrected chi connectivity index (χ3v) is 6.35. The van der Waals surface area contributed by atoms with Crippen LogP contribution in [0.4, 0.5) is 13.2 Å². The van der Waals surface area contributed by atoms with Gasteiger partial charge < -0.3 is 19.6 Å². The second kappa shape index (κ2) is 17.0. The first-order valence-electron chi connectivity index (χ1n) is 12.9. The second-order valence-corrected chi connectivity index (χ2v) is 9.21. The summed E-state index contributed by atoms with van der Waals surface area (Å²) in [6.07, 6.45) is 0.114. The van der Waals surface area contributed by atoms with Gasteiger partial charge in [0.1, 0.15) is 6.29 Å². The summed E-state index contributed by atoms with van der Waals surface area (Å²) in [6.45, 7) is 0.829. The fourth-order valence-corrected chi connectivity index (χ4v) is 4.17. The highest BCUT2D eigenvalue weighted by molar-refractivity contribution is 5.51. The zero-order chi connectivity index (χ0) is 29.4. The number of likely N-dealkylation sites (N-methyl/N-ethyl adjacent to an activating group) is 1. The Kier molecular flexibility index (Phi) is 13.7. The number of ether oxygens (including phenoxy) is 2. The Morgan fingerprint density at radius 3 is 2.17 bits per heavy atom. The summed E-state index contributed by atoms with van der Waals surface area (Å²) in [5, 5.41) is 2.68. The van der Waals surface area contributed by atoms with Crippen molar-refractivity contribution in [2.75, 3.05) is 27.8 Å². The quantitative estimate of drug-likeness (QED) is 0.257. The SMILES string of the molecule is CN(Cc1cccc(C(F)(F)F)c1)[C@@H](CCc1ccccc1)CNC=O.COc1ccc(CCC=O)cc1OC. The fourth-order valence-electron chi connectivity index (χ4n) is 4.17. The van der Waals surface area contributed by atoms with Crippen LogP contribution in [0.15, 0.2) is 72.8 Å². The van der Waals surface area contributed by atoms with Crippen molar-refractivity contribution in [3.05, 3.63) is 95.1 Å². The molecule has 0 spiro atoms. The Morgan fingerprint density at radius 2 is 1.55 bits per heavy atom. The molecular formula is C31H37F3N2O4. The molecule has 0 radical (unpaired) electrons. The Balaban J connectivity index is 0.000000337. The summed E-state index contributed by atoms with van der Waals surface area (Å²) in [4.78, 5) is 22.8. The molecule has 6 nitrogen and oxygen atoms in total. The van der Waals surface area contributed by atoms with Gasteiger partial charge >= 0.3 is 6.18 Å². The third-order valence-electron chi connectivity index (χ3n) is 6.35. The smallest absolute Gasteiger partial charge is 0.416 e. The zero-order valence-corrected chi connectivity index (χ0v) is 23.1. The molecule has 1 N–H and O–H groups in total. The number of aldehydes is 1. The average molecular weight is 559 g/mol. The minimum absolute atomic E-state index is 0.0231. The van der Waals surface area contributed by atoms with Crippen molar-refractivity contribution in [1.82, 2.24) is 10.2 Å². The first-order valence-corrected chi connectivity index (χ1v) is 12.9. The number of halogens is 3. The van der Waals surface area contributed by atoms with Crippen molar-refractivity contribution >= 4 is 12.7 Å². The highest BCUT2D eigenvalue weighted by Gasteiger charge is 2.30. The van der Waals surface area contributed by atoms with E-state index in [9.17, 15) is 22.8 Å². The van der Waals surface area contributed by atoms with Gasteiger partial charge in [0.2, 0.25) is 6.41 Å². The van der Waals surface area contributed by atoms with E-state index >= 15 is 0 Å². The molecule has 3 aromatic carbocycles. The van der Waals surface area contributed by atoms with E-state index in [4.69, 9.17) is 9.47 Å². The summed E-state index contributed by atoms with van der Waals surface area (Å²) < 4.78 is 48.9. The van der Waals surface area contributed by atoms with Gasteiger partial charge in [0.05, 0.1) is 19.8 Å². The number of aryl methyl sites for hydroxylation is 2. The molecule has 0 heterocycles. The molecule has 0 unspecified atom stereocenters. The lowest BCUT2D eigenvalue weighted by Gasteiger charge is -2.28. The molecule has 0 aliphatic carbocycles. The lowest BCUT2D eigenvalue weighted by Crippen LogP contribution is -2.39. The van der Waals surface area contributed by atoms with E-state index < -0.39 is 11.7 Å². The molecule has 0 aliphatic rings. The third kappa shape index (κ3) is 11.1. The minimum Gasteiger partial charge on any atom is -0.493 e. The van der Waals surface area contributed by atoms with Gasteiger partial charge in [-0.05, 0) is 61.2 Å². The van der Waals surface area contributed by atoms with Crippen LogP contribution in [0.1, 0.15) is 35.1 Å². The predicted molar refractivity (Wildman–Crippen MR) is 149 cm³/mol. The van der Waals surface area contributed by atoms with E-state index in [1.54, 1.807) is 20.3 Å². The number of carbonyl (C=O) groups excluding carboxylic acids is 2.